The molecule has 27 heavy (non-hydrogen) atoms. The number of nitrogens with zero attached hydrogens (tertiary/aromatic N) is 1. The average molecular weight is 376 g/mol. The Kier molecular flexibility index (Phi) is 7.84. The lowest BCUT2D eigenvalue weighted by Gasteiger charge is -2.42. The Balaban J connectivity index is 2.29. The van der Waals surface area contributed by atoms with Gasteiger partial charge in [0.25, 0.3) is 5.91 Å². The van der Waals surface area contributed by atoms with Crippen molar-refractivity contribution in [2.24, 2.45) is 0 Å². The first-order valence-corrected chi connectivity index (χ1v) is 10.3. The van der Waals surface area contributed by atoms with Gasteiger partial charge in [0.1, 0.15) is 0 Å². The molecule has 1 aromatic carbocycles. The van der Waals surface area contributed by atoms with Crippen LogP contribution in [0.4, 0.5) is 5.69 Å². The number of nitrogens with one attached hydrogen (secondary N) is 1. The van der Waals surface area contributed by atoms with E-state index >= 15 is 0 Å². The van der Waals surface area contributed by atoms with Gasteiger partial charge < -0.3 is 14.5 Å². The van der Waals surface area contributed by atoms with Crippen LogP contribution in [0.1, 0.15) is 67.8 Å². The molecule has 1 aliphatic heterocycles. The van der Waals surface area contributed by atoms with Gasteiger partial charge in [0, 0.05) is 6.42 Å². The number of ether oxygens (including phenoxy) is 1. The first-order chi connectivity index (χ1) is 12.9. The van der Waals surface area contributed by atoms with Crippen LogP contribution in [-0.2, 0) is 9.53 Å². The fraction of sp³-hybridized carbons (Fsp3) is 0.636. The highest BCUT2D eigenvalue weighted by atomic mass is 16.5. The van der Waals surface area contributed by atoms with Gasteiger partial charge in [-0.1, -0.05) is 25.5 Å². The second-order valence-electron chi connectivity index (χ2n) is 7.98. The minimum absolute atomic E-state index is 0.0133. The summed E-state index contributed by atoms with van der Waals surface area (Å²) in [4.78, 5) is 25.5. The van der Waals surface area contributed by atoms with Gasteiger partial charge in [-0.25, -0.2) is 4.79 Å². The van der Waals surface area contributed by atoms with Crippen LogP contribution in [-0.4, -0.2) is 49.6 Å². The predicted molar refractivity (Wildman–Crippen MR) is 109 cm³/mol. The molecule has 2 rings (SSSR count). The van der Waals surface area contributed by atoms with Crippen molar-refractivity contribution in [1.82, 2.24) is 0 Å². The first kappa shape index (κ1) is 21.4. The molecule has 0 spiro atoms. The molecule has 0 radical (unpaired) electrons. The highest BCUT2D eigenvalue weighted by Crippen LogP contribution is 2.26. The van der Waals surface area contributed by atoms with E-state index in [1.807, 2.05) is 19.1 Å². The zero-order chi connectivity index (χ0) is 19.9. The topological polar surface area (TPSA) is 55.4 Å². The van der Waals surface area contributed by atoms with Gasteiger partial charge in [-0.3, -0.25) is 4.79 Å². The van der Waals surface area contributed by atoms with E-state index in [4.69, 9.17) is 4.74 Å². The molecule has 1 atom stereocenters. The van der Waals surface area contributed by atoms with E-state index in [-0.39, 0.29) is 11.9 Å². The Morgan fingerprint density at radius 1 is 1.15 bits per heavy atom. The Morgan fingerprint density at radius 3 is 2.37 bits per heavy atom. The highest BCUT2D eigenvalue weighted by molar-refractivity contribution is 6.03. The summed E-state index contributed by atoms with van der Waals surface area (Å²) in [6, 6.07) is 5.32. The Bertz CT molecular complexity index is 649. The quantitative estimate of drug-likeness (QED) is 0.596. The van der Waals surface area contributed by atoms with E-state index in [1.165, 1.54) is 39.2 Å². The van der Waals surface area contributed by atoms with E-state index in [0.717, 1.165) is 36.0 Å². The van der Waals surface area contributed by atoms with Crippen molar-refractivity contribution in [1.29, 1.82) is 0 Å². The van der Waals surface area contributed by atoms with E-state index in [9.17, 15) is 9.59 Å². The van der Waals surface area contributed by atoms with Crippen molar-refractivity contribution in [2.45, 2.75) is 64.8 Å². The second-order valence-corrected chi connectivity index (χ2v) is 7.98. The third kappa shape index (κ3) is 5.32. The van der Waals surface area contributed by atoms with Gasteiger partial charge >= 0.3 is 5.97 Å². The number of methoxy groups -OCH3 is 1. The maximum absolute atomic E-state index is 13.3. The van der Waals surface area contributed by atoms with E-state index < -0.39 is 5.97 Å². The molecule has 1 unspecified atom stereocenters. The largest absolute Gasteiger partial charge is 0.465 e. The molecule has 1 aliphatic rings. The molecule has 5 heteroatoms. The maximum Gasteiger partial charge on any atom is 0.339 e. The first-order valence-electron chi connectivity index (χ1n) is 10.3. The van der Waals surface area contributed by atoms with Crippen molar-refractivity contribution in [2.75, 3.05) is 32.6 Å². The molecule has 0 aromatic heterocycles. The van der Waals surface area contributed by atoms with Gasteiger partial charge in [-0.05, 0) is 50.7 Å². The molecule has 1 N–H and O–H groups in total. The zero-order valence-corrected chi connectivity index (χ0v) is 17.3. The average Bonchev–Trinajstić information content (AvgIpc) is 2.64. The normalized spacial score (nSPS) is 18.1. The summed E-state index contributed by atoms with van der Waals surface area (Å²) >= 11 is 0. The van der Waals surface area contributed by atoms with Crippen molar-refractivity contribution in [3.63, 3.8) is 0 Å². The third-order valence-corrected chi connectivity index (χ3v) is 5.88. The molecule has 1 heterocycles. The van der Waals surface area contributed by atoms with Crippen LogP contribution >= 0.6 is 0 Å². The number of amides is 1. The van der Waals surface area contributed by atoms with E-state index in [0.29, 0.717) is 11.3 Å². The summed E-state index contributed by atoms with van der Waals surface area (Å²) in [5.41, 5.74) is 1.86. The van der Waals surface area contributed by atoms with Gasteiger partial charge in [0.15, 0.2) is 6.04 Å². The van der Waals surface area contributed by atoms with E-state index in [1.54, 1.807) is 6.07 Å². The van der Waals surface area contributed by atoms with Crippen LogP contribution in [0.25, 0.3) is 0 Å². The van der Waals surface area contributed by atoms with Crippen molar-refractivity contribution >= 4 is 17.6 Å². The summed E-state index contributed by atoms with van der Waals surface area (Å²) in [7, 11) is 3.59. The van der Waals surface area contributed by atoms with Crippen LogP contribution in [0.5, 0.6) is 0 Å². The smallest absolute Gasteiger partial charge is 0.339 e. The fourth-order valence-corrected chi connectivity index (χ4v) is 4.22. The lowest BCUT2D eigenvalue weighted by Crippen LogP contribution is -2.58. The van der Waals surface area contributed by atoms with Gasteiger partial charge in [0.2, 0.25) is 0 Å². The van der Waals surface area contributed by atoms with Crippen LogP contribution in [0.15, 0.2) is 18.2 Å². The van der Waals surface area contributed by atoms with Crippen LogP contribution in [0.2, 0.25) is 0 Å². The summed E-state index contributed by atoms with van der Waals surface area (Å²) < 4.78 is 5.68. The number of benzene rings is 1. The summed E-state index contributed by atoms with van der Waals surface area (Å²) in [6.45, 7) is 6.11. The number of aryl methyl sites for hydroxylation is 1. The molecule has 150 valence electrons. The molecule has 1 aromatic rings. The minimum Gasteiger partial charge on any atom is -0.465 e. The number of carbonyl (C=O) groups excluding carboxylic acids is 2. The number of hydrogen-bond donors (Lipinski definition) is 1. The number of carbonyl (C=O) groups is 2. The lowest BCUT2D eigenvalue weighted by atomic mass is 10.00. The van der Waals surface area contributed by atoms with Crippen molar-refractivity contribution in [3.8, 4) is 0 Å². The number of anilines is 1. The number of esters is 1. The predicted octanol–water partition coefficient (Wildman–Crippen LogP) is 4.30. The molecular formula is C22H35N2O3+. The standard InChI is InChI=1S/C22H34N2O3/c1-5-12-19(24(3)15-9-7-6-8-10-16-24)21(25)23-20-17(2)13-11-14-18(20)22(26)27-4/h11,13-14,19H,5-10,12,15-16H2,1-4H3/p+1. The SMILES string of the molecule is CCCC(C(=O)Nc1c(C)cccc1C(=O)OC)[N+]1(C)CCCCCCC1. The number of hydrogen-bond acceptors (Lipinski definition) is 3. The lowest BCUT2D eigenvalue weighted by molar-refractivity contribution is -0.925. The summed E-state index contributed by atoms with van der Waals surface area (Å²) in [5.74, 6) is -0.410. The van der Waals surface area contributed by atoms with E-state index in [2.05, 4.69) is 19.3 Å². The Labute approximate surface area is 163 Å². The second kappa shape index (κ2) is 9.88. The van der Waals surface area contributed by atoms with Gasteiger partial charge in [0.05, 0.1) is 38.5 Å². The Hall–Kier alpha value is -1.88. The maximum atomic E-state index is 13.3. The molecule has 1 fully saturated rings. The molecule has 5 nitrogen and oxygen atoms in total. The van der Waals surface area contributed by atoms with Gasteiger partial charge in [-0.2, -0.15) is 0 Å². The van der Waals surface area contributed by atoms with Crippen LogP contribution in [0, 0.1) is 6.92 Å². The highest BCUT2D eigenvalue weighted by Gasteiger charge is 2.38. The number of para-hydroxylation sites is 1. The minimum atomic E-state index is -0.423. The Morgan fingerprint density at radius 2 is 1.78 bits per heavy atom. The summed E-state index contributed by atoms with van der Waals surface area (Å²) in [5, 5.41) is 3.08. The number of rotatable bonds is 6. The molecular weight excluding hydrogens is 340 g/mol. The van der Waals surface area contributed by atoms with Crippen molar-refractivity contribution in [3.05, 3.63) is 29.3 Å². The monoisotopic (exact) mass is 375 g/mol. The molecule has 1 amide bonds. The fourth-order valence-electron chi connectivity index (χ4n) is 4.22. The number of likely N-dealkylation sites (N-methyl/N-ethyl adjacent to an activating group) is 1. The summed E-state index contributed by atoms with van der Waals surface area (Å²) in [6.07, 6.45) is 7.95. The third-order valence-electron chi connectivity index (χ3n) is 5.88. The molecule has 0 aliphatic carbocycles. The van der Waals surface area contributed by atoms with Crippen molar-refractivity contribution < 1.29 is 18.8 Å². The van der Waals surface area contributed by atoms with Crippen LogP contribution < -0.4 is 5.32 Å². The van der Waals surface area contributed by atoms with Crippen LogP contribution in [0.3, 0.4) is 0 Å². The zero-order valence-electron chi connectivity index (χ0n) is 17.3. The molecule has 1 saturated heterocycles. The number of likely N-dealkylation sites (tertiary alicyclic amines) is 1. The molecule has 0 bridgehead atoms. The number of quaternary nitrogens is 1. The van der Waals surface area contributed by atoms with Gasteiger partial charge in [-0.15, -0.1) is 0 Å². The molecule has 0 saturated carbocycles.